The Morgan fingerprint density at radius 1 is 1.24 bits per heavy atom. The van der Waals surface area contributed by atoms with Crippen molar-refractivity contribution in [1.82, 2.24) is 14.8 Å². The van der Waals surface area contributed by atoms with Crippen molar-refractivity contribution in [3.63, 3.8) is 0 Å². The molecule has 0 radical (unpaired) electrons. The van der Waals surface area contributed by atoms with Crippen molar-refractivity contribution in [2.75, 3.05) is 5.32 Å². The van der Waals surface area contributed by atoms with Gasteiger partial charge in [0.1, 0.15) is 18.1 Å². The number of fused-ring (bicyclic) bond motifs is 2. The first-order chi connectivity index (χ1) is 15.7. The van der Waals surface area contributed by atoms with Gasteiger partial charge in [0.05, 0.1) is 11.6 Å². The maximum atomic E-state index is 13.7. The number of halogens is 4. The maximum absolute atomic E-state index is 13.7. The molecule has 1 aromatic carbocycles. The number of pyridine rings is 1. The van der Waals surface area contributed by atoms with Crippen LogP contribution in [0.3, 0.4) is 0 Å². The van der Waals surface area contributed by atoms with Gasteiger partial charge >= 0.3 is 6.18 Å². The zero-order valence-electron chi connectivity index (χ0n) is 17.7. The van der Waals surface area contributed by atoms with Crippen LogP contribution in [0.2, 0.25) is 0 Å². The van der Waals surface area contributed by atoms with Gasteiger partial charge in [0.15, 0.2) is 5.82 Å². The number of carbonyl (C=O) groups excluding carboxylic acids is 1. The Labute approximate surface area is 186 Å². The van der Waals surface area contributed by atoms with Crippen molar-refractivity contribution in [3.05, 3.63) is 48.5 Å². The van der Waals surface area contributed by atoms with Crippen LogP contribution in [0.1, 0.15) is 19.8 Å². The Morgan fingerprint density at radius 2 is 2.00 bits per heavy atom. The van der Waals surface area contributed by atoms with E-state index in [2.05, 4.69) is 15.4 Å². The quantitative estimate of drug-likeness (QED) is 0.534. The van der Waals surface area contributed by atoms with Gasteiger partial charge in [-0.05, 0) is 54.9 Å². The van der Waals surface area contributed by atoms with Gasteiger partial charge in [-0.3, -0.25) is 14.5 Å². The summed E-state index contributed by atoms with van der Waals surface area (Å²) in [6.45, 7) is 0.631. The summed E-state index contributed by atoms with van der Waals surface area (Å²) in [4.78, 5) is 16.8. The second-order valence-electron chi connectivity index (χ2n) is 8.88. The highest BCUT2D eigenvalue weighted by Crippen LogP contribution is 2.61. The SMILES string of the molecule is CC(C(=O)Nc1ccn(CC(F)(F)F)n1)C1C2CC(Oc3ccnc4ccc(F)cc34)CC21. The molecule has 2 aromatic heterocycles. The summed E-state index contributed by atoms with van der Waals surface area (Å²) in [6, 6.07) is 7.49. The molecule has 2 aliphatic carbocycles. The second-order valence-corrected chi connectivity index (χ2v) is 8.88. The van der Waals surface area contributed by atoms with Gasteiger partial charge in [-0.25, -0.2) is 4.39 Å². The van der Waals surface area contributed by atoms with Crippen LogP contribution in [-0.4, -0.2) is 33.0 Å². The standard InChI is InChI=1S/C23H22F4N4O2/c1-12(22(32)29-20-5-7-31(30-20)11-23(25,26)27)21-15-9-14(10-16(15)21)33-19-4-6-28-18-3-2-13(24)8-17(18)19/h2-8,12,14-16,21H,9-11H2,1H3,(H,29,30,32). The summed E-state index contributed by atoms with van der Waals surface area (Å²) in [5.41, 5.74) is 0.665. The predicted molar refractivity (Wildman–Crippen MR) is 112 cm³/mol. The second kappa shape index (κ2) is 8.00. The summed E-state index contributed by atoms with van der Waals surface area (Å²) in [5, 5.41) is 7.03. The number of alkyl halides is 3. The fraction of sp³-hybridized carbons (Fsp3) is 0.435. The number of aromatic nitrogens is 3. The largest absolute Gasteiger partial charge is 0.490 e. The molecule has 174 valence electrons. The molecule has 0 saturated heterocycles. The first kappa shape index (κ1) is 21.7. The number of anilines is 1. The van der Waals surface area contributed by atoms with Crippen LogP contribution in [0, 0.1) is 29.5 Å². The summed E-state index contributed by atoms with van der Waals surface area (Å²) in [7, 11) is 0. The van der Waals surface area contributed by atoms with E-state index in [-0.39, 0.29) is 35.5 Å². The van der Waals surface area contributed by atoms with E-state index in [1.165, 1.54) is 24.4 Å². The van der Waals surface area contributed by atoms with Crippen molar-refractivity contribution < 1.29 is 27.1 Å². The predicted octanol–water partition coefficient (Wildman–Crippen LogP) is 4.81. The van der Waals surface area contributed by atoms with Crippen LogP contribution < -0.4 is 10.1 Å². The first-order valence-corrected chi connectivity index (χ1v) is 10.8. The molecule has 6 nitrogen and oxygen atoms in total. The highest BCUT2D eigenvalue weighted by atomic mass is 19.4. The topological polar surface area (TPSA) is 69.0 Å². The lowest BCUT2D eigenvalue weighted by atomic mass is 9.97. The van der Waals surface area contributed by atoms with E-state index in [0.717, 1.165) is 17.5 Å². The third-order valence-corrected chi connectivity index (χ3v) is 6.65. The lowest BCUT2D eigenvalue weighted by molar-refractivity contribution is -0.142. The normalized spacial score (nSPS) is 25.0. The van der Waals surface area contributed by atoms with E-state index in [9.17, 15) is 22.4 Å². The number of nitrogens with one attached hydrogen (secondary N) is 1. The molecule has 2 heterocycles. The zero-order valence-corrected chi connectivity index (χ0v) is 17.7. The lowest BCUT2D eigenvalue weighted by Crippen LogP contribution is -2.26. The molecule has 2 fully saturated rings. The number of hydrogen-bond acceptors (Lipinski definition) is 4. The Kier molecular flexibility index (Phi) is 5.25. The molecule has 1 N–H and O–H groups in total. The van der Waals surface area contributed by atoms with Crippen molar-refractivity contribution in [3.8, 4) is 5.75 Å². The molecular weight excluding hydrogens is 440 g/mol. The molecule has 10 heteroatoms. The highest BCUT2D eigenvalue weighted by Gasteiger charge is 2.59. The van der Waals surface area contributed by atoms with E-state index in [1.54, 1.807) is 18.3 Å². The summed E-state index contributed by atoms with van der Waals surface area (Å²) in [6.07, 6.45) is 0.0330. The van der Waals surface area contributed by atoms with Crippen molar-refractivity contribution >= 4 is 22.6 Å². The minimum Gasteiger partial charge on any atom is -0.490 e. The third kappa shape index (κ3) is 4.51. The van der Waals surface area contributed by atoms with E-state index >= 15 is 0 Å². The van der Waals surface area contributed by atoms with Gasteiger partial charge in [-0.1, -0.05) is 6.92 Å². The molecular formula is C23H22F4N4O2. The fourth-order valence-corrected chi connectivity index (χ4v) is 5.17. The number of benzene rings is 1. The smallest absolute Gasteiger partial charge is 0.408 e. The summed E-state index contributed by atoms with van der Waals surface area (Å²) < 4.78 is 58.0. The Morgan fingerprint density at radius 3 is 2.73 bits per heavy atom. The molecule has 3 atom stereocenters. The molecule has 1 amide bonds. The molecule has 2 aliphatic rings. The van der Waals surface area contributed by atoms with E-state index < -0.39 is 12.7 Å². The first-order valence-electron chi connectivity index (χ1n) is 10.8. The molecule has 2 saturated carbocycles. The number of amides is 1. The molecule has 5 rings (SSSR count). The minimum absolute atomic E-state index is 0.0153. The molecule has 33 heavy (non-hydrogen) atoms. The molecule has 0 spiro atoms. The molecule has 0 bridgehead atoms. The minimum atomic E-state index is -4.37. The van der Waals surface area contributed by atoms with Gasteiger partial charge in [-0.15, -0.1) is 0 Å². The van der Waals surface area contributed by atoms with Gasteiger partial charge in [0, 0.05) is 29.8 Å². The average molecular weight is 462 g/mol. The number of carbonyl (C=O) groups is 1. The van der Waals surface area contributed by atoms with Crippen LogP contribution in [0.25, 0.3) is 10.9 Å². The van der Waals surface area contributed by atoms with E-state index in [1.807, 2.05) is 6.92 Å². The fourth-order valence-electron chi connectivity index (χ4n) is 5.17. The Bertz CT molecular complexity index is 1180. The van der Waals surface area contributed by atoms with Gasteiger partial charge < -0.3 is 10.1 Å². The van der Waals surface area contributed by atoms with E-state index in [4.69, 9.17) is 4.74 Å². The average Bonchev–Trinajstić information content (AvgIpc) is 3.05. The van der Waals surface area contributed by atoms with Crippen molar-refractivity contribution in [2.24, 2.45) is 23.7 Å². The third-order valence-electron chi connectivity index (χ3n) is 6.65. The van der Waals surface area contributed by atoms with E-state index in [0.29, 0.717) is 28.5 Å². The van der Waals surface area contributed by atoms with Crippen LogP contribution in [0.4, 0.5) is 23.4 Å². The van der Waals surface area contributed by atoms with Crippen LogP contribution >= 0.6 is 0 Å². The van der Waals surface area contributed by atoms with Crippen molar-refractivity contribution in [2.45, 2.75) is 38.6 Å². The van der Waals surface area contributed by atoms with Gasteiger partial charge in [0.25, 0.3) is 0 Å². The van der Waals surface area contributed by atoms with Gasteiger partial charge in [0.2, 0.25) is 5.91 Å². The number of hydrogen-bond donors (Lipinski definition) is 1. The summed E-state index contributed by atoms with van der Waals surface area (Å²) in [5.74, 6) is 0.727. The molecule has 3 aromatic rings. The summed E-state index contributed by atoms with van der Waals surface area (Å²) >= 11 is 0. The zero-order chi connectivity index (χ0) is 23.3. The van der Waals surface area contributed by atoms with Crippen LogP contribution in [0.5, 0.6) is 5.75 Å². The Balaban J connectivity index is 1.16. The van der Waals surface area contributed by atoms with Crippen LogP contribution in [0.15, 0.2) is 42.7 Å². The monoisotopic (exact) mass is 462 g/mol. The molecule has 0 aliphatic heterocycles. The Hall–Kier alpha value is -3.17. The molecule has 3 unspecified atom stereocenters. The van der Waals surface area contributed by atoms with Gasteiger partial charge in [-0.2, -0.15) is 18.3 Å². The number of ether oxygens (including phenoxy) is 1. The highest BCUT2D eigenvalue weighted by molar-refractivity contribution is 5.92. The maximum Gasteiger partial charge on any atom is 0.408 e. The van der Waals surface area contributed by atoms with Crippen LogP contribution in [-0.2, 0) is 11.3 Å². The number of nitrogens with zero attached hydrogens (tertiary/aromatic N) is 3. The lowest BCUT2D eigenvalue weighted by Gasteiger charge is -2.20. The van der Waals surface area contributed by atoms with Crippen molar-refractivity contribution in [1.29, 1.82) is 0 Å². The number of rotatable bonds is 6.